The van der Waals surface area contributed by atoms with E-state index < -0.39 is 0 Å². The Hall–Kier alpha value is -1.35. The van der Waals surface area contributed by atoms with Crippen LogP contribution in [0.25, 0.3) is 0 Å². The summed E-state index contributed by atoms with van der Waals surface area (Å²) in [7, 11) is 0. The first-order chi connectivity index (χ1) is 9.45. The van der Waals surface area contributed by atoms with Crippen LogP contribution < -0.4 is 5.73 Å². The van der Waals surface area contributed by atoms with E-state index in [9.17, 15) is 4.79 Å². The van der Waals surface area contributed by atoms with E-state index >= 15 is 0 Å². The maximum Gasteiger partial charge on any atom is 0.234 e. The lowest BCUT2D eigenvalue weighted by Crippen LogP contribution is -2.48. The van der Waals surface area contributed by atoms with Crippen molar-refractivity contribution in [2.75, 3.05) is 6.54 Å². The van der Waals surface area contributed by atoms with Crippen LogP contribution in [-0.4, -0.2) is 29.4 Å². The highest BCUT2D eigenvalue weighted by molar-refractivity contribution is 5.92. The smallest absolute Gasteiger partial charge is 0.234 e. The topological polar surface area (TPSA) is 46.3 Å². The minimum Gasteiger partial charge on any atom is -0.337 e. The molecule has 1 aliphatic rings. The summed E-state index contributed by atoms with van der Waals surface area (Å²) in [5.41, 5.74) is 6.60. The van der Waals surface area contributed by atoms with E-state index in [1.807, 2.05) is 23.1 Å². The molecule has 110 valence electrons. The normalized spacial score (nSPS) is 25.1. The van der Waals surface area contributed by atoms with Gasteiger partial charge in [0.25, 0.3) is 0 Å². The summed E-state index contributed by atoms with van der Waals surface area (Å²) < 4.78 is 0. The lowest BCUT2D eigenvalue weighted by Gasteiger charge is -2.35. The van der Waals surface area contributed by atoms with E-state index in [4.69, 9.17) is 5.73 Å². The van der Waals surface area contributed by atoms with Crippen molar-refractivity contribution < 1.29 is 4.79 Å². The van der Waals surface area contributed by atoms with Crippen molar-refractivity contribution in [3.8, 4) is 0 Å². The van der Waals surface area contributed by atoms with Crippen LogP contribution >= 0.6 is 0 Å². The van der Waals surface area contributed by atoms with Gasteiger partial charge < -0.3 is 10.6 Å². The van der Waals surface area contributed by atoms with Crippen LogP contribution in [0.1, 0.15) is 39.7 Å². The van der Waals surface area contributed by atoms with Crippen molar-refractivity contribution in [1.29, 1.82) is 0 Å². The maximum atomic E-state index is 13.2. The Morgan fingerprint density at radius 1 is 1.25 bits per heavy atom. The standard InChI is InChI=1S/C17H26N2O/c1-12(2)19(13(3)4)16(20)17(10-15(17)11-18)14-8-6-5-7-9-14/h5-9,12-13,15H,10-11,18H2,1-4H3/t15-,17+/m1/s1. The van der Waals surface area contributed by atoms with Crippen LogP contribution in [0.4, 0.5) is 0 Å². The highest BCUT2D eigenvalue weighted by Crippen LogP contribution is 2.55. The van der Waals surface area contributed by atoms with Gasteiger partial charge in [0.1, 0.15) is 0 Å². The molecule has 0 saturated heterocycles. The molecule has 2 rings (SSSR count). The van der Waals surface area contributed by atoms with E-state index in [0.29, 0.717) is 6.54 Å². The predicted octanol–water partition coefficient (Wildman–Crippen LogP) is 2.55. The first-order valence-electron chi connectivity index (χ1n) is 7.53. The third-order valence-electron chi connectivity index (χ3n) is 4.41. The molecule has 0 heterocycles. The number of benzene rings is 1. The molecule has 0 bridgehead atoms. The van der Waals surface area contributed by atoms with Gasteiger partial charge in [-0.1, -0.05) is 30.3 Å². The fourth-order valence-electron chi connectivity index (χ4n) is 3.38. The largest absolute Gasteiger partial charge is 0.337 e. The van der Waals surface area contributed by atoms with Gasteiger partial charge in [0, 0.05) is 12.1 Å². The minimum atomic E-state index is -0.384. The molecule has 2 N–H and O–H groups in total. The van der Waals surface area contributed by atoms with Gasteiger partial charge in [0.2, 0.25) is 5.91 Å². The van der Waals surface area contributed by atoms with Crippen LogP contribution in [-0.2, 0) is 10.2 Å². The Bertz CT molecular complexity index is 461. The van der Waals surface area contributed by atoms with Gasteiger partial charge >= 0.3 is 0 Å². The van der Waals surface area contributed by atoms with Crippen molar-refractivity contribution in [1.82, 2.24) is 4.90 Å². The van der Waals surface area contributed by atoms with Crippen molar-refractivity contribution in [3.63, 3.8) is 0 Å². The first-order valence-corrected chi connectivity index (χ1v) is 7.53. The molecule has 1 saturated carbocycles. The van der Waals surface area contributed by atoms with E-state index in [0.717, 1.165) is 12.0 Å². The first kappa shape index (κ1) is 15.0. The van der Waals surface area contributed by atoms with Crippen molar-refractivity contribution in [3.05, 3.63) is 35.9 Å². The summed E-state index contributed by atoms with van der Waals surface area (Å²) in [6.07, 6.45) is 0.877. The Morgan fingerprint density at radius 3 is 2.20 bits per heavy atom. The van der Waals surface area contributed by atoms with Crippen molar-refractivity contribution in [2.45, 2.75) is 51.6 Å². The average Bonchev–Trinajstić information content (AvgIpc) is 3.14. The SMILES string of the molecule is CC(C)N(C(=O)[C@]1(c2ccccc2)C[C@@H]1CN)C(C)C. The fourth-order valence-corrected chi connectivity index (χ4v) is 3.38. The second kappa shape index (κ2) is 5.57. The summed E-state index contributed by atoms with van der Waals surface area (Å²) in [6, 6.07) is 10.5. The van der Waals surface area contributed by atoms with Gasteiger partial charge in [-0.25, -0.2) is 0 Å². The van der Waals surface area contributed by atoms with Crippen molar-refractivity contribution in [2.24, 2.45) is 11.7 Å². The van der Waals surface area contributed by atoms with E-state index in [-0.39, 0.29) is 29.3 Å². The Balaban J connectivity index is 2.38. The van der Waals surface area contributed by atoms with Crippen LogP contribution in [0.2, 0.25) is 0 Å². The summed E-state index contributed by atoms with van der Waals surface area (Å²) in [6.45, 7) is 8.89. The highest BCUT2D eigenvalue weighted by atomic mass is 16.2. The molecular weight excluding hydrogens is 248 g/mol. The average molecular weight is 274 g/mol. The molecule has 1 aromatic carbocycles. The van der Waals surface area contributed by atoms with Crippen LogP contribution in [0, 0.1) is 5.92 Å². The molecule has 1 aliphatic carbocycles. The lowest BCUT2D eigenvalue weighted by atomic mass is 9.90. The number of nitrogens with two attached hydrogens (primary N) is 1. The van der Waals surface area contributed by atoms with Gasteiger partial charge in [-0.05, 0) is 52.1 Å². The third-order valence-corrected chi connectivity index (χ3v) is 4.41. The monoisotopic (exact) mass is 274 g/mol. The lowest BCUT2D eigenvalue weighted by molar-refractivity contribution is -0.138. The number of amides is 1. The molecule has 1 fully saturated rings. The number of carbonyl (C=O) groups is 1. The molecule has 3 heteroatoms. The van der Waals surface area contributed by atoms with E-state index in [1.165, 1.54) is 0 Å². The molecule has 1 amide bonds. The number of carbonyl (C=O) groups excluding carboxylic acids is 1. The molecule has 3 nitrogen and oxygen atoms in total. The van der Waals surface area contributed by atoms with Crippen LogP contribution in [0.5, 0.6) is 0 Å². The third kappa shape index (κ3) is 2.35. The summed E-state index contributed by atoms with van der Waals surface area (Å²) in [5.74, 6) is 0.515. The maximum absolute atomic E-state index is 13.2. The highest BCUT2D eigenvalue weighted by Gasteiger charge is 2.61. The zero-order valence-electron chi connectivity index (χ0n) is 13.0. The molecular formula is C17H26N2O. The second-order valence-electron chi connectivity index (χ2n) is 6.37. The number of nitrogens with zero attached hydrogens (tertiary/aromatic N) is 1. The van der Waals surface area contributed by atoms with E-state index in [1.54, 1.807) is 0 Å². The van der Waals surface area contributed by atoms with Gasteiger partial charge in [-0.3, -0.25) is 4.79 Å². The van der Waals surface area contributed by atoms with Gasteiger partial charge in [-0.15, -0.1) is 0 Å². The summed E-state index contributed by atoms with van der Waals surface area (Å²) >= 11 is 0. The molecule has 0 aliphatic heterocycles. The zero-order chi connectivity index (χ0) is 14.9. The molecule has 0 unspecified atom stereocenters. The molecule has 1 aromatic rings. The molecule has 0 radical (unpaired) electrons. The summed E-state index contributed by atoms with van der Waals surface area (Å²) in [4.78, 5) is 15.2. The number of hydrogen-bond acceptors (Lipinski definition) is 2. The zero-order valence-corrected chi connectivity index (χ0v) is 13.0. The van der Waals surface area contributed by atoms with Crippen molar-refractivity contribution >= 4 is 5.91 Å². The predicted molar refractivity (Wildman–Crippen MR) is 82.4 cm³/mol. The minimum absolute atomic E-state index is 0.210. The van der Waals surface area contributed by atoms with Crippen LogP contribution in [0.3, 0.4) is 0 Å². The second-order valence-corrected chi connectivity index (χ2v) is 6.37. The van der Waals surface area contributed by atoms with Crippen LogP contribution in [0.15, 0.2) is 30.3 Å². The Labute approximate surface area is 122 Å². The van der Waals surface area contributed by atoms with Gasteiger partial charge in [0.05, 0.1) is 5.41 Å². The quantitative estimate of drug-likeness (QED) is 0.897. The molecule has 0 aromatic heterocycles. The molecule has 2 atom stereocenters. The number of hydrogen-bond donors (Lipinski definition) is 1. The molecule has 0 spiro atoms. The van der Waals surface area contributed by atoms with E-state index in [2.05, 4.69) is 39.8 Å². The van der Waals surface area contributed by atoms with Gasteiger partial charge in [0.15, 0.2) is 0 Å². The Kier molecular flexibility index (Phi) is 4.19. The molecule has 20 heavy (non-hydrogen) atoms. The Morgan fingerprint density at radius 2 is 1.80 bits per heavy atom. The summed E-state index contributed by atoms with van der Waals surface area (Å²) in [5, 5.41) is 0. The fraction of sp³-hybridized carbons (Fsp3) is 0.588. The number of rotatable bonds is 5. The van der Waals surface area contributed by atoms with Gasteiger partial charge in [-0.2, -0.15) is 0 Å².